The predicted molar refractivity (Wildman–Crippen MR) is 152 cm³/mol. The largest absolute Gasteiger partial charge is 0.466 e. The van der Waals surface area contributed by atoms with Gasteiger partial charge in [-0.05, 0) is 53.5 Å². The molecule has 3 aromatic carbocycles. The molecule has 2 heterocycles. The molecule has 0 bridgehead atoms. The van der Waals surface area contributed by atoms with Gasteiger partial charge >= 0.3 is 11.2 Å². The molecule has 0 unspecified atom stereocenters. The van der Waals surface area contributed by atoms with E-state index in [-0.39, 0.29) is 23.5 Å². The van der Waals surface area contributed by atoms with E-state index in [9.17, 15) is 14.4 Å². The van der Waals surface area contributed by atoms with E-state index < -0.39 is 17.5 Å². The second kappa shape index (κ2) is 9.91. The molecular formula is C31H26N2O6S. The second-order valence-corrected chi connectivity index (χ2v) is 10.3. The van der Waals surface area contributed by atoms with E-state index in [4.69, 9.17) is 26.4 Å². The summed E-state index contributed by atoms with van der Waals surface area (Å²) in [4.78, 5) is 43.9. The van der Waals surface area contributed by atoms with Crippen LogP contribution >= 0.6 is 12.2 Å². The third-order valence-corrected chi connectivity index (χ3v) is 7.93. The van der Waals surface area contributed by atoms with Gasteiger partial charge in [-0.25, -0.2) is 4.79 Å². The maximum Gasteiger partial charge on any atom is 0.360 e. The van der Waals surface area contributed by atoms with Crippen molar-refractivity contribution in [3.63, 3.8) is 0 Å². The van der Waals surface area contributed by atoms with Crippen molar-refractivity contribution in [1.82, 2.24) is 4.90 Å². The van der Waals surface area contributed by atoms with Gasteiger partial charge in [0.15, 0.2) is 0 Å². The number of amides is 2. The summed E-state index contributed by atoms with van der Waals surface area (Å²) in [6, 6.07) is 23.7. The summed E-state index contributed by atoms with van der Waals surface area (Å²) in [5.41, 5.74) is 2.82. The van der Waals surface area contributed by atoms with Crippen LogP contribution in [0.3, 0.4) is 0 Å². The lowest BCUT2D eigenvalue weighted by Crippen LogP contribution is -2.59. The van der Waals surface area contributed by atoms with E-state index in [2.05, 4.69) is 0 Å². The lowest BCUT2D eigenvalue weighted by molar-refractivity contribution is -0.172. The number of ether oxygens (including phenoxy) is 3. The first kappa shape index (κ1) is 25.8. The molecule has 1 aliphatic carbocycles. The Bertz CT molecular complexity index is 1570. The molecule has 2 amide bonds. The van der Waals surface area contributed by atoms with Crippen LogP contribution in [0.1, 0.15) is 40.2 Å². The number of rotatable bonds is 4. The van der Waals surface area contributed by atoms with Gasteiger partial charge in [0.25, 0.3) is 17.4 Å². The number of likely N-dealkylation sites (N-methyl/N-ethyl adjacent to an activating group) is 1. The molecule has 0 spiro atoms. The summed E-state index contributed by atoms with van der Waals surface area (Å²) in [7, 11) is 2.82. The van der Waals surface area contributed by atoms with Gasteiger partial charge in [-0.1, -0.05) is 48.5 Å². The van der Waals surface area contributed by atoms with Crippen LogP contribution in [0.25, 0.3) is 5.57 Å². The van der Waals surface area contributed by atoms with Crippen molar-refractivity contribution >= 4 is 46.5 Å². The van der Waals surface area contributed by atoms with Crippen molar-refractivity contribution in [2.24, 2.45) is 0 Å². The smallest absolute Gasteiger partial charge is 0.360 e. The fraction of sp³-hybridized carbons (Fsp3) is 0.226. The van der Waals surface area contributed by atoms with Gasteiger partial charge in [0, 0.05) is 55.1 Å². The van der Waals surface area contributed by atoms with Crippen LogP contribution in [0.2, 0.25) is 0 Å². The number of para-hydroxylation sites is 1. The number of carbonyl (C=O) groups excluding carboxylic acids is 3. The van der Waals surface area contributed by atoms with E-state index in [0.29, 0.717) is 24.3 Å². The fourth-order valence-electron chi connectivity index (χ4n) is 5.95. The Morgan fingerprint density at radius 1 is 0.975 bits per heavy atom. The van der Waals surface area contributed by atoms with Crippen molar-refractivity contribution in [3.8, 4) is 5.75 Å². The van der Waals surface area contributed by atoms with Crippen molar-refractivity contribution in [2.75, 3.05) is 25.6 Å². The maximum atomic E-state index is 13.9. The van der Waals surface area contributed by atoms with Gasteiger partial charge in [-0.3, -0.25) is 9.59 Å². The van der Waals surface area contributed by atoms with Crippen molar-refractivity contribution in [2.45, 2.75) is 24.4 Å². The molecule has 2 aliphatic heterocycles. The van der Waals surface area contributed by atoms with Crippen LogP contribution in [-0.4, -0.2) is 54.2 Å². The number of benzene rings is 3. The number of hydrogen-bond donors (Lipinski definition) is 0. The number of hydrogen-bond acceptors (Lipinski definition) is 7. The molecule has 0 saturated heterocycles. The predicted octanol–water partition coefficient (Wildman–Crippen LogP) is 4.70. The number of nitrogens with zero attached hydrogens (tertiary/aromatic N) is 2. The zero-order valence-electron chi connectivity index (χ0n) is 22.0. The summed E-state index contributed by atoms with van der Waals surface area (Å²) in [6.45, 7) is 0.493. The van der Waals surface area contributed by atoms with Crippen LogP contribution in [0.5, 0.6) is 5.75 Å². The monoisotopic (exact) mass is 554 g/mol. The number of allylic oxidation sites excluding steroid dienone is 1. The maximum absolute atomic E-state index is 13.9. The van der Waals surface area contributed by atoms with Crippen molar-refractivity contribution in [3.05, 3.63) is 101 Å². The molecule has 3 aliphatic rings. The number of anilines is 1. The van der Waals surface area contributed by atoms with Gasteiger partial charge in [0.2, 0.25) is 0 Å². The SMILES string of the molecule is COC(=O)[C@@]1(OC(=S)Oc2ccccc2)CC2=C(C[C@H]3CN(C(=O)c4ccccc4)c4cccc2c43)N(C)C1=O. The van der Waals surface area contributed by atoms with E-state index in [1.165, 1.54) is 12.0 Å². The van der Waals surface area contributed by atoms with Gasteiger partial charge in [-0.2, -0.15) is 0 Å². The summed E-state index contributed by atoms with van der Waals surface area (Å²) < 4.78 is 16.6. The molecule has 0 saturated carbocycles. The van der Waals surface area contributed by atoms with E-state index in [1.54, 1.807) is 48.3 Å². The first-order chi connectivity index (χ1) is 19.3. The van der Waals surface area contributed by atoms with Gasteiger partial charge in [0.1, 0.15) is 5.75 Å². The lowest BCUT2D eigenvalue weighted by Gasteiger charge is -2.42. The molecule has 3 aromatic rings. The zero-order chi connectivity index (χ0) is 28.0. The van der Waals surface area contributed by atoms with Crippen molar-refractivity contribution in [1.29, 1.82) is 0 Å². The molecule has 0 aromatic heterocycles. The summed E-state index contributed by atoms with van der Waals surface area (Å²) in [5.74, 6) is -1.13. The Labute approximate surface area is 236 Å². The molecule has 2 atom stereocenters. The fourth-order valence-corrected chi connectivity index (χ4v) is 6.18. The summed E-state index contributed by atoms with van der Waals surface area (Å²) in [6.07, 6.45) is 0.439. The Morgan fingerprint density at radius 2 is 1.68 bits per heavy atom. The number of esters is 1. The Kier molecular flexibility index (Phi) is 6.38. The third kappa shape index (κ3) is 4.05. The van der Waals surface area contributed by atoms with Crippen LogP contribution in [0.4, 0.5) is 5.69 Å². The molecule has 0 N–H and O–H groups in total. The molecule has 0 fully saturated rings. The highest BCUT2D eigenvalue weighted by Gasteiger charge is 2.58. The first-order valence-electron chi connectivity index (χ1n) is 12.9. The zero-order valence-corrected chi connectivity index (χ0v) is 22.8. The standard InChI is InChI=1S/C31H26N2O6S/c1-32-25-16-20-18-33(27(34)19-10-5-3-6-11-19)24-15-9-14-22(26(20)24)23(25)17-31(28(32)35,29(36)37-2)39-30(40)38-21-12-7-4-8-13-21/h3-15,20H,16-18H2,1-2H3/t20-,31+/m0/s1. The number of thiocarbonyl (C=S) groups is 1. The highest BCUT2D eigenvalue weighted by Crippen LogP contribution is 2.53. The van der Waals surface area contributed by atoms with Crippen molar-refractivity contribution < 1.29 is 28.6 Å². The topological polar surface area (TPSA) is 85.4 Å². The number of methoxy groups -OCH3 is 1. The molecule has 8 nitrogen and oxygen atoms in total. The van der Waals surface area contributed by atoms with E-state index in [0.717, 1.165) is 28.1 Å². The van der Waals surface area contributed by atoms with Crippen LogP contribution in [0, 0.1) is 0 Å². The molecule has 202 valence electrons. The second-order valence-electron chi connectivity index (χ2n) is 9.97. The highest BCUT2D eigenvalue weighted by atomic mass is 32.1. The van der Waals surface area contributed by atoms with Crippen LogP contribution < -0.4 is 9.64 Å². The molecular weight excluding hydrogens is 528 g/mol. The first-order valence-corrected chi connectivity index (χ1v) is 13.3. The Morgan fingerprint density at radius 3 is 2.38 bits per heavy atom. The van der Waals surface area contributed by atoms with Crippen LogP contribution in [0.15, 0.2) is 84.6 Å². The normalized spacial score (nSPS) is 20.9. The van der Waals surface area contributed by atoms with Gasteiger partial charge in [0.05, 0.1) is 7.11 Å². The molecule has 6 rings (SSSR count). The number of fused-ring (bicyclic) bond motifs is 1. The summed E-state index contributed by atoms with van der Waals surface area (Å²) >= 11 is 5.33. The minimum Gasteiger partial charge on any atom is -0.466 e. The minimum absolute atomic E-state index is 0.00176. The molecule has 40 heavy (non-hydrogen) atoms. The minimum atomic E-state index is -2.07. The van der Waals surface area contributed by atoms with E-state index >= 15 is 0 Å². The number of carbonyl (C=O) groups is 3. The Balaban J connectivity index is 1.38. The molecule has 0 radical (unpaired) electrons. The van der Waals surface area contributed by atoms with E-state index in [1.807, 2.05) is 42.5 Å². The molecule has 9 heteroatoms. The Hall–Kier alpha value is -4.50. The van der Waals surface area contributed by atoms with Crippen LogP contribution in [-0.2, 0) is 19.1 Å². The lowest BCUT2D eigenvalue weighted by atomic mass is 9.75. The third-order valence-electron chi connectivity index (χ3n) is 7.76. The highest BCUT2D eigenvalue weighted by molar-refractivity contribution is 7.79. The average Bonchev–Trinajstić information content (AvgIpc) is 3.36. The van der Waals surface area contributed by atoms with Gasteiger partial charge < -0.3 is 24.0 Å². The summed E-state index contributed by atoms with van der Waals surface area (Å²) in [5, 5.41) is -0.367. The average molecular weight is 555 g/mol. The quantitative estimate of drug-likeness (QED) is 0.263. The van der Waals surface area contributed by atoms with Gasteiger partial charge in [-0.15, -0.1) is 0 Å².